The minimum absolute atomic E-state index is 0.0926. The molecule has 1 N–H and O–H groups in total. The van der Waals surface area contributed by atoms with Crippen molar-refractivity contribution in [1.29, 1.82) is 0 Å². The molecule has 0 aliphatic heterocycles. The van der Waals surface area contributed by atoms with Gasteiger partial charge < -0.3 is 5.32 Å². The van der Waals surface area contributed by atoms with Crippen molar-refractivity contribution in [2.24, 2.45) is 0 Å². The number of hydrogen-bond acceptors (Lipinski definition) is 2. The third-order valence-electron chi connectivity index (χ3n) is 3.86. The number of anilines is 1. The SMILES string of the molecule is O=C(CN(Cc1ccc(F)cc1)C1CC1)Nc1cc(F)cc(F)c1. The summed E-state index contributed by atoms with van der Waals surface area (Å²) in [6, 6.07) is 9.34. The largest absolute Gasteiger partial charge is 0.325 e. The number of nitrogens with zero attached hydrogens (tertiary/aromatic N) is 1. The van der Waals surface area contributed by atoms with Gasteiger partial charge in [-0.15, -0.1) is 0 Å². The summed E-state index contributed by atoms with van der Waals surface area (Å²) in [6.07, 6.45) is 2.01. The Bertz CT molecular complexity index is 709. The molecular weight excluding hydrogens is 317 g/mol. The van der Waals surface area contributed by atoms with Crippen molar-refractivity contribution in [2.45, 2.75) is 25.4 Å². The van der Waals surface area contributed by atoms with Crippen molar-refractivity contribution >= 4 is 11.6 Å². The molecule has 1 aliphatic rings. The van der Waals surface area contributed by atoms with Gasteiger partial charge in [0.1, 0.15) is 17.5 Å². The molecular formula is C18H17F3N2O. The van der Waals surface area contributed by atoms with E-state index >= 15 is 0 Å². The Kier molecular flexibility index (Phi) is 4.85. The summed E-state index contributed by atoms with van der Waals surface area (Å²) in [6.45, 7) is 0.635. The highest BCUT2D eigenvalue weighted by Crippen LogP contribution is 2.28. The van der Waals surface area contributed by atoms with E-state index in [0.717, 1.165) is 36.6 Å². The van der Waals surface area contributed by atoms with Crippen LogP contribution in [0.4, 0.5) is 18.9 Å². The predicted octanol–water partition coefficient (Wildman–Crippen LogP) is 3.71. The number of hydrogen-bond donors (Lipinski definition) is 1. The molecule has 1 aliphatic carbocycles. The number of benzene rings is 2. The molecule has 1 fully saturated rings. The van der Waals surface area contributed by atoms with Gasteiger partial charge in [-0.2, -0.15) is 0 Å². The average molecular weight is 334 g/mol. The molecule has 3 rings (SSSR count). The van der Waals surface area contributed by atoms with Crippen molar-refractivity contribution in [1.82, 2.24) is 4.90 Å². The fourth-order valence-electron chi connectivity index (χ4n) is 2.59. The molecule has 126 valence electrons. The summed E-state index contributed by atoms with van der Waals surface area (Å²) >= 11 is 0. The van der Waals surface area contributed by atoms with Gasteiger partial charge in [0.2, 0.25) is 5.91 Å². The van der Waals surface area contributed by atoms with E-state index in [1.165, 1.54) is 12.1 Å². The molecule has 0 saturated heterocycles. The first-order chi connectivity index (χ1) is 11.5. The molecule has 1 amide bonds. The normalized spacial score (nSPS) is 14.0. The monoisotopic (exact) mass is 334 g/mol. The summed E-state index contributed by atoms with van der Waals surface area (Å²) in [4.78, 5) is 14.1. The molecule has 24 heavy (non-hydrogen) atoms. The quantitative estimate of drug-likeness (QED) is 0.873. The lowest BCUT2D eigenvalue weighted by atomic mass is 10.2. The third kappa shape index (κ3) is 4.58. The third-order valence-corrected chi connectivity index (χ3v) is 3.86. The molecule has 2 aromatic carbocycles. The van der Waals surface area contributed by atoms with Crippen LogP contribution in [0, 0.1) is 17.5 Å². The van der Waals surface area contributed by atoms with Gasteiger partial charge in [0.15, 0.2) is 0 Å². The summed E-state index contributed by atoms with van der Waals surface area (Å²) < 4.78 is 39.3. The van der Waals surface area contributed by atoms with E-state index < -0.39 is 11.6 Å². The molecule has 1 saturated carbocycles. The zero-order chi connectivity index (χ0) is 17.1. The summed E-state index contributed by atoms with van der Waals surface area (Å²) in [5.41, 5.74) is 1.00. The second kappa shape index (κ2) is 7.05. The topological polar surface area (TPSA) is 32.3 Å². The van der Waals surface area contributed by atoms with Gasteiger partial charge in [0, 0.05) is 24.3 Å². The summed E-state index contributed by atoms with van der Waals surface area (Å²) in [5.74, 6) is -2.12. The smallest absolute Gasteiger partial charge is 0.238 e. The molecule has 0 spiro atoms. The Morgan fingerprint density at radius 2 is 1.62 bits per heavy atom. The molecule has 2 aromatic rings. The van der Waals surface area contributed by atoms with E-state index in [0.29, 0.717) is 12.6 Å². The molecule has 0 radical (unpaired) electrons. The van der Waals surface area contributed by atoms with Crippen LogP contribution in [0.2, 0.25) is 0 Å². The van der Waals surface area contributed by atoms with Gasteiger partial charge in [0.25, 0.3) is 0 Å². The summed E-state index contributed by atoms with van der Waals surface area (Å²) in [7, 11) is 0. The van der Waals surface area contributed by atoms with Crippen LogP contribution >= 0.6 is 0 Å². The Balaban J connectivity index is 1.62. The zero-order valence-corrected chi connectivity index (χ0v) is 12.9. The zero-order valence-electron chi connectivity index (χ0n) is 12.9. The van der Waals surface area contributed by atoms with Crippen LogP contribution in [-0.2, 0) is 11.3 Å². The first-order valence-electron chi connectivity index (χ1n) is 7.74. The second-order valence-corrected chi connectivity index (χ2v) is 5.97. The van der Waals surface area contributed by atoms with Crippen LogP contribution in [-0.4, -0.2) is 23.4 Å². The molecule has 3 nitrogen and oxygen atoms in total. The Morgan fingerprint density at radius 1 is 1.00 bits per heavy atom. The molecule has 0 atom stereocenters. The standard InChI is InChI=1S/C18H17F3N2O/c19-13-3-1-12(2-4-13)10-23(17-5-6-17)11-18(24)22-16-8-14(20)7-15(21)9-16/h1-4,7-9,17H,5-6,10-11H2,(H,22,24). The fraction of sp³-hybridized carbons (Fsp3) is 0.278. The van der Waals surface area contributed by atoms with E-state index in [9.17, 15) is 18.0 Å². The molecule has 6 heteroatoms. The number of amides is 1. The van der Waals surface area contributed by atoms with Crippen LogP contribution < -0.4 is 5.32 Å². The van der Waals surface area contributed by atoms with Crippen LogP contribution in [0.3, 0.4) is 0 Å². The van der Waals surface area contributed by atoms with Gasteiger partial charge in [-0.25, -0.2) is 13.2 Å². The number of rotatable bonds is 6. The van der Waals surface area contributed by atoms with Gasteiger partial charge in [-0.3, -0.25) is 9.69 Å². The first-order valence-corrected chi connectivity index (χ1v) is 7.74. The van der Waals surface area contributed by atoms with Crippen LogP contribution in [0.5, 0.6) is 0 Å². The number of carbonyl (C=O) groups excluding carboxylic acids is 1. The minimum Gasteiger partial charge on any atom is -0.325 e. The Labute approximate surface area is 138 Å². The van der Waals surface area contributed by atoms with Crippen LogP contribution in [0.15, 0.2) is 42.5 Å². The van der Waals surface area contributed by atoms with E-state index in [4.69, 9.17) is 0 Å². The van der Waals surface area contributed by atoms with Crippen molar-refractivity contribution in [2.75, 3.05) is 11.9 Å². The lowest BCUT2D eigenvalue weighted by Gasteiger charge is -2.21. The molecule has 0 bridgehead atoms. The number of carbonyl (C=O) groups is 1. The van der Waals surface area contributed by atoms with Crippen molar-refractivity contribution in [3.05, 3.63) is 65.5 Å². The molecule has 0 aromatic heterocycles. The van der Waals surface area contributed by atoms with Gasteiger partial charge >= 0.3 is 0 Å². The number of halogens is 3. The first kappa shape index (κ1) is 16.5. The minimum atomic E-state index is -0.740. The maximum Gasteiger partial charge on any atom is 0.238 e. The lowest BCUT2D eigenvalue weighted by Crippen LogP contribution is -2.34. The van der Waals surface area contributed by atoms with E-state index in [2.05, 4.69) is 5.32 Å². The van der Waals surface area contributed by atoms with E-state index in [1.807, 2.05) is 4.90 Å². The molecule has 0 unspecified atom stereocenters. The Morgan fingerprint density at radius 3 is 2.21 bits per heavy atom. The van der Waals surface area contributed by atoms with E-state index in [-0.39, 0.29) is 24.0 Å². The van der Waals surface area contributed by atoms with Crippen molar-refractivity contribution in [3.63, 3.8) is 0 Å². The maximum absolute atomic E-state index is 13.2. The van der Waals surface area contributed by atoms with Gasteiger partial charge in [0.05, 0.1) is 6.54 Å². The number of nitrogens with one attached hydrogen (secondary N) is 1. The van der Waals surface area contributed by atoms with Crippen molar-refractivity contribution in [3.8, 4) is 0 Å². The highest BCUT2D eigenvalue weighted by Gasteiger charge is 2.30. The predicted molar refractivity (Wildman–Crippen MR) is 84.8 cm³/mol. The Hall–Kier alpha value is -2.34. The lowest BCUT2D eigenvalue weighted by molar-refractivity contribution is -0.117. The van der Waals surface area contributed by atoms with Gasteiger partial charge in [-0.1, -0.05) is 12.1 Å². The van der Waals surface area contributed by atoms with Crippen LogP contribution in [0.25, 0.3) is 0 Å². The fourth-order valence-corrected chi connectivity index (χ4v) is 2.59. The van der Waals surface area contributed by atoms with Crippen LogP contribution in [0.1, 0.15) is 18.4 Å². The molecule has 0 heterocycles. The highest BCUT2D eigenvalue weighted by atomic mass is 19.1. The highest BCUT2D eigenvalue weighted by molar-refractivity contribution is 5.92. The second-order valence-electron chi connectivity index (χ2n) is 5.97. The van der Waals surface area contributed by atoms with E-state index in [1.54, 1.807) is 12.1 Å². The summed E-state index contributed by atoms with van der Waals surface area (Å²) in [5, 5.41) is 2.51. The maximum atomic E-state index is 13.2. The van der Waals surface area contributed by atoms with Crippen molar-refractivity contribution < 1.29 is 18.0 Å². The average Bonchev–Trinajstić information content (AvgIpc) is 3.32. The van der Waals surface area contributed by atoms with Gasteiger partial charge in [-0.05, 0) is 42.7 Å².